The van der Waals surface area contributed by atoms with Gasteiger partial charge >= 0.3 is 0 Å². The summed E-state index contributed by atoms with van der Waals surface area (Å²) >= 11 is 0. The molecule has 0 aromatic rings. The van der Waals surface area contributed by atoms with E-state index in [4.69, 9.17) is 14.6 Å². The third-order valence-corrected chi connectivity index (χ3v) is 1.12. The lowest BCUT2D eigenvalue weighted by molar-refractivity contribution is -0.302. The van der Waals surface area contributed by atoms with E-state index in [1.807, 2.05) is 0 Å². The predicted molar refractivity (Wildman–Crippen MR) is 35.7 cm³/mol. The lowest BCUT2D eigenvalue weighted by Crippen LogP contribution is -2.16. The van der Waals surface area contributed by atoms with Gasteiger partial charge in [0.25, 0.3) is 0 Å². The zero-order valence-corrected chi connectivity index (χ0v) is 6.41. The van der Waals surface area contributed by atoms with E-state index < -0.39 is 5.97 Å². The number of carboxylic acid groups (broad SMARTS) is 1. The molecular weight excluding hydrogens is 148 g/mol. The summed E-state index contributed by atoms with van der Waals surface area (Å²) in [6, 6.07) is 0. The van der Waals surface area contributed by atoms with E-state index in [1.54, 1.807) is 0 Å². The highest BCUT2D eigenvalue weighted by Crippen LogP contribution is 2.08. The summed E-state index contributed by atoms with van der Waals surface area (Å²) < 4.78 is 4.93. The zero-order valence-electron chi connectivity index (χ0n) is 6.41. The monoisotopic (exact) mass is 159 g/mol. The summed E-state index contributed by atoms with van der Waals surface area (Å²) in [5, 5.41) is 8.89. The number of aliphatic carboxylic acids is 1. The fraction of sp³-hybridized carbons (Fsp3) is 0.714. The van der Waals surface area contributed by atoms with Gasteiger partial charge in [-0.25, -0.2) is 0 Å². The highest BCUT2D eigenvalue weighted by atomic mass is 16.5. The Morgan fingerprint density at radius 2 is 2.27 bits per heavy atom. The Hall–Kier alpha value is -0.900. The van der Waals surface area contributed by atoms with Crippen LogP contribution in [0, 0.1) is 0 Å². The zero-order chi connectivity index (χ0) is 8.69. The molecule has 0 aromatic heterocycles. The van der Waals surface area contributed by atoms with E-state index in [9.17, 15) is 4.79 Å². The molecule has 1 aliphatic heterocycles. The largest absolute Gasteiger partial charge is 0.550 e. The molecule has 1 fully saturated rings. The molecule has 0 radical (unpaired) electrons. The summed E-state index contributed by atoms with van der Waals surface area (Å²) in [4.78, 5) is 18.8. The maximum atomic E-state index is 9.88. The molecule has 1 unspecified atom stereocenters. The van der Waals surface area contributed by atoms with Crippen molar-refractivity contribution in [2.45, 2.75) is 25.9 Å². The molecule has 0 saturated carbocycles. The van der Waals surface area contributed by atoms with Crippen molar-refractivity contribution in [3.8, 4) is 0 Å². The van der Waals surface area contributed by atoms with E-state index in [0.717, 1.165) is 32.7 Å². The highest BCUT2D eigenvalue weighted by Gasteiger charge is 2.12. The van der Waals surface area contributed by atoms with Crippen molar-refractivity contribution in [1.29, 1.82) is 0 Å². The molecule has 0 amide bonds. The van der Waals surface area contributed by atoms with Crippen LogP contribution in [0.5, 0.6) is 0 Å². The lowest BCUT2D eigenvalue weighted by Gasteiger charge is -1.93. The Kier molecular flexibility index (Phi) is 5.37. The summed E-state index contributed by atoms with van der Waals surface area (Å²) in [6.45, 7) is 1.74. The molecule has 1 atom stereocenters. The van der Waals surface area contributed by atoms with E-state index in [2.05, 4.69) is 0 Å². The van der Waals surface area contributed by atoms with Gasteiger partial charge in [0.05, 0.1) is 0 Å². The van der Waals surface area contributed by atoms with Crippen molar-refractivity contribution < 1.29 is 19.4 Å². The molecule has 4 nitrogen and oxygen atoms in total. The number of aldehydes is 1. The van der Waals surface area contributed by atoms with Crippen LogP contribution in [0.3, 0.4) is 0 Å². The number of hydrogen-bond donors (Lipinski definition) is 0. The number of hydrogen-bond acceptors (Lipinski definition) is 4. The van der Waals surface area contributed by atoms with Gasteiger partial charge in [-0.3, -0.25) is 0 Å². The van der Waals surface area contributed by atoms with Gasteiger partial charge in [-0.15, -0.1) is 0 Å². The van der Waals surface area contributed by atoms with Crippen LogP contribution < -0.4 is 5.11 Å². The molecule has 0 spiro atoms. The SMILES string of the molecule is CC(=O)[O-].O=CC1CCCO1. The lowest BCUT2D eigenvalue weighted by atomic mass is 10.3. The van der Waals surface area contributed by atoms with Gasteiger partial charge in [-0.05, 0) is 19.8 Å². The van der Waals surface area contributed by atoms with Gasteiger partial charge in [0, 0.05) is 12.6 Å². The van der Waals surface area contributed by atoms with Crippen LogP contribution in [0.15, 0.2) is 0 Å². The summed E-state index contributed by atoms with van der Waals surface area (Å²) in [5.74, 6) is -1.08. The van der Waals surface area contributed by atoms with Gasteiger partial charge in [-0.2, -0.15) is 0 Å². The summed E-state index contributed by atoms with van der Waals surface area (Å²) in [6.07, 6.45) is 2.75. The maximum Gasteiger partial charge on any atom is 0.148 e. The second-order valence-electron chi connectivity index (χ2n) is 2.18. The minimum Gasteiger partial charge on any atom is -0.550 e. The molecule has 4 heteroatoms. The first-order chi connectivity index (χ1) is 5.16. The topological polar surface area (TPSA) is 66.4 Å². The summed E-state index contributed by atoms with van der Waals surface area (Å²) in [7, 11) is 0. The first kappa shape index (κ1) is 10.1. The molecule has 1 rings (SSSR count). The highest BCUT2D eigenvalue weighted by molar-refractivity contribution is 5.60. The number of carbonyl (C=O) groups is 2. The Labute approximate surface area is 65.2 Å². The van der Waals surface area contributed by atoms with Crippen molar-refractivity contribution in [2.75, 3.05) is 6.61 Å². The molecule has 0 aliphatic carbocycles. The molecule has 0 N–H and O–H groups in total. The fourth-order valence-electron chi connectivity index (χ4n) is 0.710. The normalized spacial score (nSPS) is 21.7. The van der Waals surface area contributed by atoms with Gasteiger partial charge in [-0.1, -0.05) is 0 Å². The smallest absolute Gasteiger partial charge is 0.148 e. The second-order valence-corrected chi connectivity index (χ2v) is 2.18. The number of carbonyl (C=O) groups excluding carboxylic acids is 2. The summed E-state index contributed by atoms with van der Waals surface area (Å²) in [5.41, 5.74) is 0. The molecule has 1 saturated heterocycles. The van der Waals surface area contributed by atoms with Gasteiger partial charge in [0.1, 0.15) is 12.4 Å². The van der Waals surface area contributed by atoms with Crippen LogP contribution in [0.1, 0.15) is 19.8 Å². The standard InChI is InChI=1S/C5H8O2.C2H4O2/c6-4-5-2-1-3-7-5;1-2(3)4/h4-5H,1-3H2;1H3,(H,3,4)/p-1. The quantitative estimate of drug-likeness (QED) is 0.466. The van der Waals surface area contributed by atoms with Crippen molar-refractivity contribution in [3.05, 3.63) is 0 Å². The van der Waals surface area contributed by atoms with E-state index in [-0.39, 0.29) is 6.10 Å². The van der Waals surface area contributed by atoms with Crippen molar-refractivity contribution in [3.63, 3.8) is 0 Å². The Balaban J connectivity index is 0.000000218. The third-order valence-electron chi connectivity index (χ3n) is 1.12. The molecule has 1 aliphatic rings. The van der Waals surface area contributed by atoms with Crippen LogP contribution >= 0.6 is 0 Å². The molecule has 64 valence electrons. The van der Waals surface area contributed by atoms with Crippen molar-refractivity contribution >= 4 is 12.3 Å². The Bertz CT molecular complexity index is 122. The average Bonchev–Trinajstić information content (AvgIpc) is 2.36. The fourth-order valence-corrected chi connectivity index (χ4v) is 0.710. The van der Waals surface area contributed by atoms with Crippen LogP contribution in [-0.2, 0) is 14.3 Å². The molecule has 1 heterocycles. The van der Waals surface area contributed by atoms with Crippen LogP contribution in [0.25, 0.3) is 0 Å². The van der Waals surface area contributed by atoms with Crippen LogP contribution in [0.4, 0.5) is 0 Å². The first-order valence-corrected chi connectivity index (χ1v) is 3.41. The minimum atomic E-state index is -1.08. The molecule has 0 aromatic carbocycles. The number of carboxylic acids is 1. The van der Waals surface area contributed by atoms with E-state index in [1.165, 1.54) is 0 Å². The molecule has 11 heavy (non-hydrogen) atoms. The Morgan fingerprint density at radius 1 is 1.73 bits per heavy atom. The van der Waals surface area contributed by atoms with Gasteiger partial charge in [0.15, 0.2) is 0 Å². The van der Waals surface area contributed by atoms with E-state index >= 15 is 0 Å². The van der Waals surface area contributed by atoms with Crippen molar-refractivity contribution in [2.24, 2.45) is 0 Å². The third kappa shape index (κ3) is 6.99. The number of rotatable bonds is 1. The van der Waals surface area contributed by atoms with Gasteiger partial charge < -0.3 is 19.4 Å². The Morgan fingerprint density at radius 3 is 2.45 bits per heavy atom. The van der Waals surface area contributed by atoms with E-state index in [0.29, 0.717) is 0 Å². The maximum absolute atomic E-state index is 9.88. The first-order valence-electron chi connectivity index (χ1n) is 3.41. The van der Waals surface area contributed by atoms with Gasteiger partial charge in [0.2, 0.25) is 0 Å². The average molecular weight is 159 g/mol. The number of ether oxygens (including phenoxy) is 1. The predicted octanol–water partition coefficient (Wildman–Crippen LogP) is -0.880. The van der Waals surface area contributed by atoms with Crippen LogP contribution in [0.2, 0.25) is 0 Å². The van der Waals surface area contributed by atoms with Crippen LogP contribution in [-0.4, -0.2) is 25.0 Å². The molecule has 0 bridgehead atoms. The second kappa shape index (κ2) is 5.85. The molecular formula is C7H11O4-. The van der Waals surface area contributed by atoms with Crippen molar-refractivity contribution in [1.82, 2.24) is 0 Å². The minimum absolute atomic E-state index is 0.0833.